The molecule has 4 saturated carbocycles. The molecule has 0 aliphatic heterocycles. The van der Waals surface area contributed by atoms with Gasteiger partial charge in [0.2, 0.25) is 0 Å². The Labute approximate surface area is 211 Å². The number of carbonyl (C=O) groups is 1. The van der Waals surface area contributed by atoms with E-state index in [9.17, 15) is 9.90 Å². The lowest BCUT2D eigenvalue weighted by atomic mass is 9.48. The van der Waals surface area contributed by atoms with Crippen molar-refractivity contribution in [3.63, 3.8) is 0 Å². The van der Waals surface area contributed by atoms with E-state index >= 15 is 0 Å². The molecule has 6 heteroatoms. The van der Waals surface area contributed by atoms with Crippen molar-refractivity contribution in [1.29, 1.82) is 0 Å². The molecule has 35 heavy (non-hydrogen) atoms. The molecule has 0 spiro atoms. The van der Waals surface area contributed by atoms with Crippen LogP contribution in [0.5, 0.6) is 0 Å². The van der Waals surface area contributed by atoms with Crippen molar-refractivity contribution in [3.05, 3.63) is 76.9 Å². The van der Waals surface area contributed by atoms with Gasteiger partial charge in [0.1, 0.15) is 11.4 Å². The van der Waals surface area contributed by atoms with Crippen LogP contribution >= 0.6 is 11.6 Å². The molecule has 1 heterocycles. The molecule has 4 aliphatic rings. The number of anilines is 4. The van der Waals surface area contributed by atoms with Crippen molar-refractivity contribution in [2.45, 2.75) is 43.9 Å². The van der Waals surface area contributed by atoms with E-state index in [1.165, 1.54) is 50.2 Å². The highest BCUT2D eigenvalue weighted by molar-refractivity contribution is 6.33. The van der Waals surface area contributed by atoms with Gasteiger partial charge in [-0.1, -0.05) is 17.7 Å². The van der Waals surface area contributed by atoms with Crippen LogP contribution in [0.4, 0.5) is 22.9 Å². The number of carboxylic acid groups (broad SMARTS) is 1. The highest BCUT2D eigenvalue weighted by Crippen LogP contribution is 2.61. The van der Waals surface area contributed by atoms with Crippen LogP contribution in [-0.4, -0.2) is 23.1 Å². The van der Waals surface area contributed by atoms with E-state index in [1.807, 2.05) is 31.3 Å². The Hall–Kier alpha value is -3.05. The number of hydrogen-bond donors (Lipinski definition) is 2. The first-order valence-electron chi connectivity index (χ1n) is 12.5. The number of rotatable bonds is 6. The smallest absolute Gasteiger partial charge is 0.339 e. The van der Waals surface area contributed by atoms with Crippen LogP contribution in [0, 0.1) is 17.8 Å². The van der Waals surface area contributed by atoms with Crippen molar-refractivity contribution in [3.8, 4) is 0 Å². The quantitative estimate of drug-likeness (QED) is 0.379. The maximum Gasteiger partial charge on any atom is 0.339 e. The molecule has 7 rings (SSSR count). The lowest BCUT2D eigenvalue weighted by molar-refractivity contribution is -0.00518. The first kappa shape index (κ1) is 22.4. The molecule has 0 saturated heterocycles. The van der Waals surface area contributed by atoms with E-state index in [0.717, 1.165) is 39.8 Å². The third-order valence-electron chi connectivity index (χ3n) is 8.52. The van der Waals surface area contributed by atoms with Gasteiger partial charge >= 0.3 is 5.97 Å². The van der Waals surface area contributed by atoms with Gasteiger partial charge in [-0.2, -0.15) is 0 Å². The molecule has 3 aromatic rings. The lowest BCUT2D eigenvalue weighted by Gasteiger charge is -2.57. The van der Waals surface area contributed by atoms with Gasteiger partial charge < -0.3 is 15.3 Å². The first-order chi connectivity index (χ1) is 16.9. The summed E-state index contributed by atoms with van der Waals surface area (Å²) in [5.74, 6) is 2.04. The zero-order valence-electron chi connectivity index (χ0n) is 19.9. The number of carboxylic acids is 1. The Morgan fingerprint density at radius 3 is 2.29 bits per heavy atom. The van der Waals surface area contributed by atoms with E-state index in [4.69, 9.17) is 11.6 Å². The van der Waals surface area contributed by atoms with Crippen molar-refractivity contribution in [2.24, 2.45) is 17.8 Å². The van der Waals surface area contributed by atoms with Crippen LogP contribution in [0.3, 0.4) is 0 Å². The Kier molecular flexibility index (Phi) is 5.48. The lowest BCUT2D eigenvalue weighted by Crippen LogP contribution is -2.48. The Morgan fingerprint density at radius 2 is 1.69 bits per heavy atom. The second-order valence-corrected chi connectivity index (χ2v) is 11.2. The highest BCUT2D eigenvalue weighted by Gasteiger charge is 2.51. The summed E-state index contributed by atoms with van der Waals surface area (Å²) in [6.07, 6.45) is 9.90. The summed E-state index contributed by atoms with van der Waals surface area (Å²) in [5.41, 5.74) is 4.66. The molecule has 0 unspecified atom stereocenters. The fourth-order valence-corrected chi connectivity index (χ4v) is 7.60. The molecule has 4 fully saturated rings. The van der Waals surface area contributed by atoms with E-state index in [0.29, 0.717) is 11.2 Å². The summed E-state index contributed by atoms with van der Waals surface area (Å²) in [4.78, 5) is 17.7. The minimum absolute atomic E-state index is 0.139. The van der Waals surface area contributed by atoms with Crippen molar-refractivity contribution in [1.82, 2.24) is 4.98 Å². The molecular formula is C29H30ClN3O2. The Morgan fingerprint density at radius 1 is 1.03 bits per heavy atom. The van der Waals surface area contributed by atoms with Crippen LogP contribution in [0.1, 0.15) is 54.4 Å². The number of pyridine rings is 1. The predicted molar refractivity (Wildman–Crippen MR) is 140 cm³/mol. The average molecular weight is 488 g/mol. The van der Waals surface area contributed by atoms with Crippen LogP contribution in [0.15, 0.2) is 60.8 Å². The van der Waals surface area contributed by atoms with E-state index in [-0.39, 0.29) is 5.56 Å². The molecule has 0 radical (unpaired) electrons. The zero-order valence-corrected chi connectivity index (χ0v) is 20.6. The molecule has 4 bridgehead atoms. The molecule has 4 aliphatic carbocycles. The van der Waals surface area contributed by atoms with Crippen LogP contribution < -0.4 is 10.2 Å². The van der Waals surface area contributed by atoms with Gasteiger partial charge in [0.25, 0.3) is 0 Å². The third kappa shape index (κ3) is 4.06. The monoisotopic (exact) mass is 487 g/mol. The summed E-state index contributed by atoms with van der Waals surface area (Å²) in [6, 6.07) is 17.7. The summed E-state index contributed by atoms with van der Waals surface area (Å²) < 4.78 is 0. The molecule has 2 aromatic carbocycles. The van der Waals surface area contributed by atoms with Crippen molar-refractivity contribution in [2.75, 3.05) is 17.3 Å². The second-order valence-electron chi connectivity index (χ2n) is 10.8. The van der Waals surface area contributed by atoms with Crippen molar-refractivity contribution < 1.29 is 9.90 Å². The maximum absolute atomic E-state index is 11.4. The Balaban J connectivity index is 1.21. The zero-order chi connectivity index (χ0) is 24.2. The predicted octanol–water partition coefficient (Wildman–Crippen LogP) is 7.41. The maximum atomic E-state index is 11.4. The normalized spacial score (nSPS) is 26.5. The Bertz CT molecular complexity index is 1240. The first-order valence-corrected chi connectivity index (χ1v) is 12.9. The molecular weight excluding hydrogens is 458 g/mol. The molecule has 5 nitrogen and oxygen atoms in total. The SMILES string of the molecule is CN(c1ccc(Nc2ncccc2C(=O)O)cc1)c1ccc(C23CC4CC(CC(C4)C2)C3)cc1Cl. The molecule has 0 amide bonds. The average Bonchev–Trinajstić information content (AvgIpc) is 2.83. The van der Waals surface area contributed by atoms with Gasteiger partial charge in [0.15, 0.2) is 0 Å². The topological polar surface area (TPSA) is 65.5 Å². The summed E-state index contributed by atoms with van der Waals surface area (Å²) >= 11 is 6.88. The minimum atomic E-state index is -1.01. The van der Waals surface area contributed by atoms with E-state index < -0.39 is 5.97 Å². The number of nitrogens with one attached hydrogen (secondary N) is 1. The highest BCUT2D eigenvalue weighted by atomic mass is 35.5. The molecule has 0 atom stereocenters. The number of aromatic nitrogens is 1. The molecule has 1 aromatic heterocycles. The van der Waals surface area contributed by atoms with Gasteiger partial charge in [-0.05, 0) is 116 Å². The number of nitrogens with zero attached hydrogens (tertiary/aromatic N) is 2. The fraction of sp³-hybridized carbons (Fsp3) is 0.379. The van der Waals surface area contributed by atoms with Gasteiger partial charge in [-0.3, -0.25) is 0 Å². The molecule has 2 N–H and O–H groups in total. The van der Waals surface area contributed by atoms with Crippen LogP contribution in [-0.2, 0) is 5.41 Å². The minimum Gasteiger partial charge on any atom is -0.478 e. The third-order valence-corrected chi connectivity index (χ3v) is 8.82. The van der Waals surface area contributed by atoms with Gasteiger partial charge in [-0.25, -0.2) is 9.78 Å². The van der Waals surface area contributed by atoms with Crippen molar-refractivity contribution >= 4 is 40.5 Å². The standard InChI is InChI=1S/C29H30ClN3O2/c1-33(23-7-5-22(6-8-23)32-27-24(28(34)35)3-2-10-31-27)26-9-4-21(14-25(26)30)29-15-18-11-19(16-29)13-20(12-18)17-29/h2-10,14,18-20H,11-13,15-17H2,1H3,(H,31,32)(H,34,35). The fourth-order valence-electron chi connectivity index (χ4n) is 7.29. The van der Waals surface area contributed by atoms with E-state index in [1.54, 1.807) is 12.3 Å². The van der Waals surface area contributed by atoms with Gasteiger partial charge in [-0.15, -0.1) is 0 Å². The summed E-state index contributed by atoms with van der Waals surface area (Å²) in [5, 5.41) is 13.3. The number of benzene rings is 2. The van der Waals surface area contributed by atoms with Crippen LogP contribution in [0.25, 0.3) is 0 Å². The number of hydrogen-bond acceptors (Lipinski definition) is 4. The van der Waals surface area contributed by atoms with Crippen LogP contribution in [0.2, 0.25) is 5.02 Å². The largest absolute Gasteiger partial charge is 0.478 e. The van der Waals surface area contributed by atoms with Gasteiger partial charge in [0, 0.05) is 24.6 Å². The number of aromatic carboxylic acids is 1. The van der Waals surface area contributed by atoms with Gasteiger partial charge in [0.05, 0.1) is 10.7 Å². The summed E-state index contributed by atoms with van der Waals surface area (Å²) in [7, 11) is 2.02. The molecule has 180 valence electrons. The summed E-state index contributed by atoms with van der Waals surface area (Å²) in [6.45, 7) is 0. The second kappa shape index (κ2) is 8.56. The number of halogens is 1. The van der Waals surface area contributed by atoms with E-state index in [2.05, 4.69) is 33.4 Å².